The van der Waals surface area contributed by atoms with E-state index >= 15 is 0 Å². The molecule has 8 heteroatoms. The molecular formula is C20H18BrN5O2. The van der Waals surface area contributed by atoms with Gasteiger partial charge in [-0.05, 0) is 40.5 Å². The van der Waals surface area contributed by atoms with E-state index in [1.807, 2.05) is 43.3 Å². The quantitative estimate of drug-likeness (QED) is 0.596. The van der Waals surface area contributed by atoms with Gasteiger partial charge >= 0.3 is 0 Å². The van der Waals surface area contributed by atoms with Gasteiger partial charge in [0.05, 0.1) is 12.3 Å². The molecule has 7 nitrogen and oxygen atoms in total. The number of hydrogen-bond donors (Lipinski definition) is 2. The first-order valence-corrected chi connectivity index (χ1v) is 9.29. The minimum atomic E-state index is -0.0132. The number of nitrogens with zero attached hydrogens (tertiary/aromatic N) is 3. The Morgan fingerprint density at radius 1 is 1.07 bits per heavy atom. The summed E-state index contributed by atoms with van der Waals surface area (Å²) in [5.41, 5.74) is 13.7. The van der Waals surface area contributed by atoms with Gasteiger partial charge in [-0.1, -0.05) is 30.3 Å². The highest BCUT2D eigenvalue weighted by Gasteiger charge is 2.19. The van der Waals surface area contributed by atoms with Crippen LogP contribution in [0.15, 0.2) is 46.9 Å². The zero-order valence-corrected chi connectivity index (χ0v) is 16.7. The van der Waals surface area contributed by atoms with Crippen LogP contribution in [0.2, 0.25) is 0 Å². The predicted molar refractivity (Wildman–Crippen MR) is 111 cm³/mol. The van der Waals surface area contributed by atoms with Gasteiger partial charge in [-0.25, -0.2) is 4.98 Å². The number of hydrogen-bond acceptors (Lipinski definition) is 7. The summed E-state index contributed by atoms with van der Waals surface area (Å²) in [6.45, 7) is 2.72. The van der Waals surface area contributed by atoms with Crippen molar-refractivity contribution >= 4 is 27.7 Å². The molecule has 0 radical (unpaired) electrons. The van der Waals surface area contributed by atoms with Crippen LogP contribution in [0.4, 0.5) is 11.8 Å². The van der Waals surface area contributed by atoms with Crippen LogP contribution in [0.5, 0.6) is 11.5 Å². The molecule has 1 aromatic heterocycles. The number of nitriles is 1. The van der Waals surface area contributed by atoms with E-state index in [4.69, 9.17) is 20.9 Å². The van der Waals surface area contributed by atoms with Gasteiger partial charge in [0.15, 0.2) is 11.5 Å². The number of aromatic nitrogens is 2. The first-order valence-electron chi connectivity index (χ1n) is 8.50. The number of halogens is 1. The minimum Gasteiger partial charge on any atom is -0.490 e. The molecule has 4 N–H and O–H groups in total. The van der Waals surface area contributed by atoms with E-state index in [0.717, 1.165) is 5.56 Å². The van der Waals surface area contributed by atoms with E-state index in [0.29, 0.717) is 40.4 Å². The summed E-state index contributed by atoms with van der Waals surface area (Å²) in [7, 11) is 0. The molecule has 3 aromatic rings. The lowest BCUT2D eigenvalue weighted by molar-refractivity contribution is 0.269. The van der Waals surface area contributed by atoms with E-state index in [2.05, 4.69) is 25.9 Å². The van der Waals surface area contributed by atoms with E-state index in [-0.39, 0.29) is 17.3 Å². The van der Waals surface area contributed by atoms with Crippen LogP contribution in [0.25, 0.3) is 11.3 Å². The molecule has 142 valence electrons. The summed E-state index contributed by atoms with van der Waals surface area (Å²) in [6, 6.07) is 15.4. The molecule has 1 heterocycles. The third-order valence-electron chi connectivity index (χ3n) is 3.89. The maximum atomic E-state index is 9.46. The van der Waals surface area contributed by atoms with E-state index in [9.17, 15) is 5.26 Å². The van der Waals surface area contributed by atoms with Crippen LogP contribution in [0, 0.1) is 11.3 Å². The lowest BCUT2D eigenvalue weighted by Gasteiger charge is -2.16. The van der Waals surface area contributed by atoms with Crippen molar-refractivity contribution in [1.82, 2.24) is 9.97 Å². The normalized spacial score (nSPS) is 10.3. The zero-order valence-electron chi connectivity index (χ0n) is 15.1. The number of ether oxygens (including phenoxy) is 2. The van der Waals surface area contributed by atoms with Crippen LogP contribution in [0.3, 0.4) is 0 Å². The van der Waals surface area contributed by atoms with Crippen LogP contribution in [-0.2, 0) is 6.61 Å². The number of anilines is 2. The number of nitrogen functional groups attached to an aromatic ring is 2. The van der Waals surface area contributed by atoms with Crippen LogP contribution in [0.1, 0.15) is 18.1 Å². The molecule has 0 saturated carbocycles. The molecule has 0 spiro atoms. The number of nitrogens with two attached hydrogens (primary N) is 2. The Labute approximate surface area is 171 Å². The summed E-state index contributed by atoms with van der Waals surface area (Å²) >= 11 is 3.52. The number of rotatable bonds is 6. The molecule has 0 aliphatic carbocycles. The lowest BCUT2D eigenvalue weighted by atomic mass is 10.1. The van der Waals surface area contributed by atoms with Crippen molar-refractivity contribution in [2.24, 2.45) is 0 Å². The largest absolute Gasteiger partial charge is 0.490 e. The Morgan fingerprint density at radius 3 is 2.46 bits per heavy atom. The molecule has 0 unspecified atom stereocenters. The van der Waals surface area contributed by atoms with Gasteiger partial charge in [0.25, 0.3) is 0 Å². The Hall–Kier alpha value is -3.31. The van der Waals surface area contributed by atoms with Crippen molar-refractivity contribution in [1.29, 1.82) is 5.26 Å². The van der Waals surface area contributed by atoms with Crippen molar-refractivity contribution in [3.05, 3.63) is 58.1 Å². The molecule has 0 atom stereocenters. The first-order chi connectivity index (χ1) is 13.5. The van der Waals surface area contributed by atoms with Crippen molar-refractivity contribution in [2.75, 3.05) is 18.1 Å². The summed E-state index contributed by atoms with van der Waals surface area (Å²) < 4.78 is 12.4. The van der Waals surface area contributed by atoms with Crippen molar-refractivity contribution in [3.63, 3.8) is 0 Å². The van der Waals surface area contributed by atoms with E-state index in [1.165, 1.54) is 0 Å². The van der Waals surface area contributed by atoms with Crippen LogP contribution in [-0.4, -0.2) is 16.6 Å². The second-order valence-electron chi connectivity index (χ2n) is 5.79. The molecular weight excluding hydrogens is 422 g/mol. The third-order valence-corrected chi connectivity index (χ3v) is 4.55. The molecule has 28 heavy (non-hydrogen) atoms. The van der Waals surface area contributed by atoms with Gasteiger partial charge in [-0.3, -0.25) is 0 Å². The molecule has 0 aliphatic heterocycles. The highest BCUT2D eigenvalue weighted by Crippen LogP contribution is 2.40. The Kier molecular flexibility index (Phi) is 5.96. The lowest BCUT2D eigenvalue weighted by Crippen LogP contribution is -2.06. The van der Waals surface area contributed by atoms with Gasteiger partial charge in [-0.15, -0.1) is 0 Å². The SMILES string of the molecule is CCOc1cc(-c2nc(N)nc(N)c2C#N)c(Br)cc1OCc1ccccc1. The Bertz CT molecular complexity index is 1040. The average molecular weight is 440 g/mol. The van der Waals surface area contributed by atoms with Crippen LogP contribution >= 0.6 is 15.9 Å². The van der Waals surface area contributed by atoms with Gasteiger partial charge < -0.3 is 20.9 Å². The summed E-state index contributed by atoms with van der Waals surface area (Å²) in [5.74, 6) is 1.10. The molecule has 0 amide bonds. The van der Waals surface area contributed by atoms with Gasteiger partial charge in [0, 0.05) is 10.0 Å². The minimum absolute atomic E-state index is 0.0132. The molecule has 0 aliphatic rings. The Morgan fingerprint density at radius 2 is 1.79 bits per heavy atom. The van der Waals surface area contributed by atoms with Crippen molar-refractivity contribution in [3.8, 4) is 28.8 Å². The van der Waals surface area contributed by atoms with Crippen molar-refractivity contribution < 1.29 is 9.47 Å². The fourth-order valence-electron chi connectivity index (χ4n) is 2.63. The molecule has 2 aromatic carbocycles. The standard InChI is InChI=1S/C20H18BrN5O2/c1-2-27-16-8-13(18-14(10-22)19(23)26-20(24)25-18)15(21)9-17(16)28-11-12-6-4-3-5-7-12/h3-9H,2,11H2,1H3,(H4,23,24,25,26). The molecule has 0 bridgehead atoms. The number of benzene rings is 2. The van der Waals surface area contributed by atoms with Gasteiger partial charge in [0.1, 0.15) is 24.1 Å². The molecule has 0 saturated heterocycles. The first kappa shape index (κ1) is 19.5. The van der Waals surface area contributed by atoms with E-state index in [1.54, 1.807) is 12.1 Å². The maximum Gasteiger partial charge on any atom is 0.222 e. The third kappa shape index (κ3) is 4.15. The topological polar surface area (TPSA) is 120 Å². The zero-order chi connectivity index (χ0) is 20.1. The smallest absolute Gasteiger partial charge is 0.222 e. The highest BCUT2D eigenvalue weighted by atomic mass is 79.9. The average Bonchev–Trinajstić information content (AvgIpc) is 2.68. The fourth-order valence-corrected chi connectivity index (χ4v) is 3.14. The van der Waals surface area contributed by atoms with Crippen LogP contribution < -0.4 is 20.9 Å². The van der Waals surface area contributed by atoms with Gasteiger partial charge in [0.2, 0.25) is 5.95 Å². The predicted octanol–water partition coefficient (Wildman–Crippen LogP) is 3.92. The molecule has 0 fully saturated rings. The monoisotopic (exact) mass is 439 g/mol. The summed E-state index contributed by atoms with van der Waals surface area (Å²) in [4.78, 5) is 8.05. The maximum absolute atomic E-state index is 9.46. The Balaban J connectivity index is 2.03. The van der Waals surface area contributed by atoms with Gasteiger partial charge in [-0.2, -0.15) is 10.2 Å². The second kappa shape index (κ2) is 8.59. The second-order valence-corrected chi connectivity index (χ2v) is 6.64. The van der Waals surface area contributed by atoms with E-state index < -0.39 is 0 Å². The molecule has 3 rings (SSSR count). The summed E-state index contributed by atoms with van der Waals surface area (Å²) in [5, 5.41) is 9.46. The fraction of sp³-hybridized carbons (Fsp3) is 0.150. The van der Waals surface area contributed by atoms with Crippen molar-refractivity contribution in [2.45, 2.75) is 13.5 Å². The summed E-state index contributed by atoms with van der Waals surface area (Å²) in [6.07, 6.45) is 0. The highest BCUT2D eigenvalue weighted by molar-refractivity contribution is 9.10.